The van der Waals surface area contributed by atoms with Crippen LogP contribution in [-0.2, 0) is 11.8 Å². The molecule has 4 nitrogen and oxygen atoms in total. The maximum absolute atomic E-state index is 12.2. The lowest BCUT2D eigenvalue weighted by atomic mass is 10.1. The van der Waals surface area contributed by atoms with Gasteiger partial charge in [-0.1, -0.05) is 11.6 Å². The number of alkyl halides is 3. The van der Waals surface area contributed by atoms with Gasteiger partial charge in [0.15, 0.2) is 0 Å². The molecule has 0 atom stereocenters. The molecular weight excluding hydrogens is 297 g/mol. The summed E-state index contributed by atoms with van der Waals surface area (Å²) in [5, 5.41) is 0.450. The number of aryl methyl sites for hydroxylation is 1. The van der Waals surface area contributed by atoms with Gasteiger partial charge in [-0.25, -0.2) is 0 Å². The Hall–Kier alpha value is -1.21. The highest BCUT2D eigenvalue weighted by molar-refractivity contribution is 6.31. The molecule has 0 N–H and O–H groups in total. The predicted octanol–water partition coefficient (Wildman–Crippen LogP) is 2.82. The van der Waals surface area contributed by atoms with Crippen LogP contribution in [0.25, 0.3) is 0 Å². The molecule has 1 saturated heterocycles. The van der Waals surface area contributed by atoms with Gasteiger partial charge in [-0.15, -0.1) is 13.2 Å². The van der Waals surface area contributed by atoms with Crippen LogP contribution in [0.15, 0.2) is 12.3 Å². The van der Waals surface area contributed by atoms with E-state index in [1.807, 2.05) is 0 Å². The van der Waals surface area contributed by atoms with E-state index in [1.54, 1.807) is 23.9 Å². The zero-order valence-electron chi connectivity index (χ0n) is 10.8. The van der Waals surface area contributed by atoms with Crippen LogP contribution in [0.1, 0.15) is 23.3 Å². The Balaban J connectivity index is 1.94. The van der Waals surface area contributed by atoms with Crippen LogP contribution in [0, 0.1) is 0 Å². The van der Waals surface area contributed by atoms with Gasteiger partial charge >= 0.3 is 6.36 Å². The van der Waals surface area contributed by atoms with Gasteiger partial charge in [0, 0.05) is 26.3 Å². The number of nitrogens with zero attached hydrogens (tertiary/aromatic N) is 2. The number of hydrogen-bond acceptors (Lipinski definition) is 2. The fourth-order valence-corrected chi connectivity index (χ4v) is 2.51. The molecule has 2 heterocycles. The van der Waals surface area contributed by atoms with Gasteiger partial charge in [-0.2, -0.15) is 0 Å². The van der Waals surface area contributed by atoms with E-state index in [2.05, 4.69) is 4.74 Å². The molecule has 0 radical (unpaired) electrons. The molecule has 2 rings (SSSR count). The van der Waals surface area contributed by atoms with Crippen molar-refractivity contribution >= 4 is 17.5 Å². The SMILES string of the molecule is Cn1cc(Cl)cc1C(=O)N1CCC(OC(F)(F)F)CC1. The van der Waals surface area contributed by atoms with Crippen LogP contribution >= 0.6 is 11.6 Å². The third-order valence-corrected chi connectivity index (χ3v) is 3.43. The molecule has 0 unspecified atom stereocenters. The third kappa shape index (κ3) is 3.67. The van der Waals surface area contributed by atoms with Crippen molar-refractivity contribution in [3.63, 3.8) is 0 Å². The van der Waals surface area contributed by atoms with E-state index >= 15 is 0 Å². The average molecular weight is 311 g/mol. The van der Waals surface area contributed by atoms with Crippen LogP contribution in [0.2, 0.25) is 5.02 Å². The smallest absolute Gasteiger partial charge is 0.345 e. The number of carbonyl (C=O) groups is 1. The van der Waals surface area contributed by atoms with Crippen LogP contribution in [-0.4, -0.2) is 40.9 Å². The summed E-state index contributed by atoms with van der Waals surface area (Å²) in [5.74, 6) is -0.232. The van der Waals surface area contributed by atoms with Gasteiger partial charge in [-0.05, 0) is 18.9 Å². The monoisotopic (exact) mass is 310 g/mol. The quantitative estimate of drug-likeness (QED) is 0.842. The summed E-state index contributed by atoms with van der Waals surface area (Å²) >= 11 is 5.81. The number of aromatic nitrogens is 1. The predicted molar refractivity (Wildman–Crippen MR) is 66.5 cm³/mol. The van der Waals surface area contributed by atoms with Crippen molar-refractivity contribution < 1.29 is 22.7 Å². The number of amides is 1. The summed E-state index contributed by atoms with van der Waals surface area (Å²) in [6, 6.07) is 1.54. The van der Waals surface area contributed by atoms with Crippen molar-refractivity contribution in [1.29, 1.82) is 0 Å². The molecule has 20 heavy (non-hydrogen) atoms. The molecule has 1 fully saturated rings. The topological polar surface area (TPSA) is 34.5 Å². The summed E-state index contributed by atoms with van der Waals surface area (Å²) in [4.78, 5) is 13.7. The molecule has 1 aliphatic heterocycles. The first-order valence-electron chi connectivity index (χ1n) is 6.12. The molecule has 1 aromatic rings. The number of carbonyl (C=O) groups excluding carboxylic acids is 1. The first kappa shape index (κ1) is 15.2. The second-order valence-corrected chi connectivity index (χ2v) is 5.15. The highest BCUT2D eigenvalue weighted by atomic mass is 35.5. The van der Waals surface area contributed by atoms with Gasteiger partial charge in [0.1, 0.15) is 5.69 Å². The Kier molecular flexibility index (Phi) is 4.29. The van der Waals surface area contributed by atoms with E-state index in [0.29, 0.717) is 10.7 Å². The van der Waals surface area contributed by atoms with Crippen molar-refractivity contribution in [3.05, 3.63) is 23.0 Å². The van der Waals surface area contributed by atoms with E-state index < -0.39 is 12.5 Å². The van der Waals surface area contributed by atoms with Gasteiger partial charge in [0.05, 0.1) is 11.1 Å². The molecule has 0 aliphatic carbocycles. The fourth-order valence-electron chi connectivity index (χ4n) is 2.26. The Morgan fingerprint density at radius 2 is 2.00 bits per heavy atom. The fraction of sp³-hybridized carbons (Fsp3) is 0.583. The molecule has 0 bridgehead atoms. The minimum atomic E-state index is -4.62. The van der Waals surface area contributed by atoms with Crippen molar-refractivity contribution in [2.24, 2.45) is 7.05 Å². The molecular formula is C12H14ClF3N2O2. The Labute approximate surface area is 119 Å². The second-order valence-electron chi connectivity index (χ2n) is 4.71. The standard InChI is InChI=1S/C12H14ClF3N2O2/c1-17-7-8(13)6-10(17)11(19)18-4-2-9(3-5-18)20-12(14,15)16/h6-7,9H,2-5H2,1H3. The number of hydrogen-bond donors (Lipinski definition) is 0. The van der Waals surface area contributed by atoms with Crippen molar-refractivity contribution in [2.45, 2.75) is 25.3 Å². The summed E-state index contributed by atoms with van der Waals surface area (Å²) in [6.07, 6.45) is -3.56. The Bertz CT molecular complexity index is 493. The maximum atomic E-state index is 12.2. The van der Waals surface area contributed by atoms with Crippen LogP contribution < -0.4 is 0 Å². The third-order valence-electron chi connectivity index (χ3n) is 3.22. The van der Waals surface area contributed by atoms with Gasteiger partial charge in [0.25, 0.3) is 5.91 Å². The molecule has 8 heteroatoms. The molecule has 1 aromatic heterocycles. The first-order chi connectivity index (χ1) is 9.26. The van der Waals surface area contributed by atoms with Crippen LogP contribution in [0.5, 0.6) is 0 Å². The second kappa shape index (κ2) is 5.65. The largest absolute Gasteiger partial charge is 0.522 e. The zero-order chi connectivity index (χ0) is 14.9. The highest BCUT2D eigenvalue weighted by Crippen LogP contribution is 2.25. The highest BCUT2D eigenvalue weighted by Gasteiger charge is 2.35. The minimum Gasteiger partial charge on any atom is -0.345 e. The van der Waals surface area contributed by atoms with E-state index in [0.717, 1.165) is 0 Å². The van der Waals surface area contributed by atoms with Crippen molar-refractivity contribution in [2.75, 3.05) is 13.1 Å². The van der Waals surface area contributed by atoms with Crippen LogP contribution in [0.3, 0.4) is 0 Å². The maximum Gasteiger partial charge on any atom is 0.522 e. The average Bonchev–Trinajstić information content (AvgIpc) is 2.66. The molecule has 0 spiro atoms. The lowest BCUT2D eigenvalue weighted by Crippen LogP contribution is -2.42. The number of rotatable bonds is 2. The molecule has 0 aromatic carbocycles. The van der Waals surface area contributed by atoms with Gasteiger partial charge in [-0.3, -0.25) is 9.53 Å². The molecule has 0 saturated carbocycles. The lowest BCUT2D eigenvalue weighted by molar-refractivity contribution is -0.345. The van der Waals surface area contributed by atoms with Gasteiger partial charge in [0.2, 0.25) is 0 Å². The van der Waals surface area contributed by atoms with Crippen LogP contribution in [0.4, 0.5) is 13.2 Å². The van der Waals surface area contributed by atoms with E-state index in [9.17, 15) is 18.0 Å². The summed E-state index contributed by atoms with van der Waals surface area (Å²) in [5.41, 5.74) is 0.421. The summed E-state index contributed by atoms with van der Waals surface area (Å²) in [7, 11) is 1.69. The lowest BCUT2D eigenvalue weighted by Gasteiger charge is -2.32. The summed E-state index contributed by atoms with van der Waals surface area (Å²) < 4.78 is 41.9. The van der Waals surface area contributed by atoms with Gasteiger partial charge < -0.3 is 9.47 Å². The first-order valence-corrected chi connectivity index (χ1v) is 6.50. The molecule has 112 valence electrons. The summed E-state index contributed by atoms with van der Waals surface area (Å²) in [6.45, 7) is 0.477. The number of likely N-dealkylation sites (tertiary alicyclic amines) is 1. The zero-order valence-corrected chi connectivity index (χ0v) is 11.5. The van der Waals surface area contributed by atoms with E-state index in [4.69, 9.17) is 11.6 Å². The Morgan fingerprint density at radius 3 is 2.45 bits per heavy atom. The minimum absolute atomic E-state index is 0.170. The number of ether oxygens (including phenoxy) is 1. The molecule has 1 amide bonds. The number of halogens is 4. The normalized spacial score (nSPS) is 17.6. The van der Waals surface area contributed by atoms with Crippen molar-refractivity contribution in [1.82, 2.24) is 9.47 Å². The van der Waals surface area contributed by atoms with E-state index in [1.165, 1.54) is 4.90 Å². The Morgan fingerprint density at radius 1 is 1.40 bits per heavy atom. The van der Waals surface area contributed by atoms with E-state index in [-0.39, 0.29) is 31.8 Å². The van der Waals surface area contributed by atoms with Crippen molar-refractivity contribution in [3.8, 4) is 0 Å². The molecule has 1 aliphatic rings. The number of piperidine rings is 1.